The van der Waals surface area contributed by atoms with E-state index < -0.39 is 0 Å². The molecule has 0 unspecified atom stereocenters. The van der Waals surface area contributed by atoms with Crippen molar-refractivity contribution in [3.63, 3.8) is 0 Å². The third kappa shape index (κ3) is 5.49. The second-order valence-corrected chi connectivity index (χ2v) is 7.76. The monoisotopic (exact) mass is 433 g/mol. The maximum Gasteiger partial charge on any atom is 0.174 e. The Labute approximate surface area is 192 Å². The van der Waals surface area contributed by atoms with Crippen molar-refractivity contribution < 1.29 is 4.74 Å². The number of para-hydroxylation sites is 1. The van der Waals surface area contributed by atoms with Crippen LogP contribution in [0.25, 0.3) is 23.1 Å². The summed E-state index contributed by atoms with van der Waals surface area (Å²) in [5, 5.41) is 15.2. The molecule has 162 valence electrons. The molecule has 0 saturated heterocycles. The molecule has 3 aromatic carbocycles. The largest absolute Gasteiger partial charge is 0.487 e. The van der Waals surface area contributed by atoms with E-state index in [1.807, 2.05) is 42.5 Å². The molecule has 2 aromatic heterocycles. The van der Waals surface area contributed by atoms with Crippen molar-refractivity contribution >= 4 is 23.1 Å². The molecule has 0 amide bonds. The van der Waals surface area contributed by atoms with Gasteiger partial charge in [0.15, 0.2) is 5.82 Å². The number of pyridine rings is 1. The Morgan fingerprint density at radius 1 is 0.788 bits per heavy atom. The number of tetrazole rings is 1. The molecule has 0 aliphatic heterocycles. The number of aryl methyl sites for hydroxylation is 2. The number of hydrogen-bond donors (Lipinski definition) is 1. The van der Waals surface area contributed by atoms with Crippen LogP contribution in [-0.4, -0.2) is 25.6 Å². The van der Waals surface area contributed by atoms with Crippen molar-refractivity contribution in [2.75, 3.05) is 0 Å². The van der Waals surface area contributed by atoms with Gasteiger partial charge in [-0.1, -0.05) is 78.0 Å². The molecule has 0 spiro atoms. The highest BCUT2D eigenvalue weighted by Gasteiger charge is 2.02. The molecule has 0 saturated carbocycles. The van der Waals surface area contributed by atoms with Crippen molar-refractivity contribution in [1.82, 2.24) is 25.6 Å². The summed E-state index contributed by atoms with van der Waals surface area (Å²) in [4.78, 5) is 4.68. The molecule has 6 heteroatoms. The zero-order chi connectivity index (χ0) is 22.3. The van der Waals surface area contributed by atoms with Crippen LogP contribution in [0.4, 0.5) is 0 Å². The average molecular weight is 434 g/mol. The first-order valence-electron chi connectivity index (χ1n) is 10.9. The van der Waals surface area contributed by atoms with Gasteiger partial charge < -0.3 is 4.74 Å². The van der Waals surface area contributed by atoms with Crippen molar-refractivity contribution in [3.05, 3.63) is 113 Å². The van der Waals surface area contributed by atoms with Gasteiger partial charge in [0.2, 0.25) is 0 Å². The number of hydrogen-bond acceptors (Lipinski definition) is 5. The summed E-state index contributed by atoms with van der Waals surface area (Å²) in [7, 11) is 0. The van der Waals surface area contributed by atoms with E-state index in [2.05, 4.69) is 80.2 Å². The lowest BCUT2D eigenvalue weighted by atomic mass is 10.1. The van der Waals surface area contributed by atoms with Crippen LogP contribution in [0.3, 0.4) is 0 Å². The van der Waals surface area contributed by atoms with Crippen molar-refractivity contribution in [3.8, 4) is 5.75 Å². The second kappa shape index (κ2) is 9.87. The molecule has 0 atom stereocenters. The summed E-state index contributed by atoms with van der Waals surface area (Å²) < 4.78 is 6.00. The van der Waals surface area contributed by atoms with E-state index in [4.69, 9.17) is 4.74 Å². The Morgan fingerprint density at radius 3 is 2.52 bits per heavy atom. The first-order chi connectivity index (χ1) is 16.3. The van der Waals surface area contributed by atoms with Gasteiger partial charge >= 0.3 is 0 Å². The minimum Gasteiger partial charge on any atom is -0.487 e. The van der Waals surface area contributed by atoms with Crippen LogP contribution in [0, 0.1) is 0 Å². The van der Waals surface area contributed by atoms with Gasteiger partial charge in [0.05, 0.1) is 11.2 Å². The van der Waals surface area contributed by atoms with Gasteiger partial charge in [-0.2, -0.15) is 5.21 Å². The van der Waals surface area contributed by atoms with E-state index in [9.17, 15) is 0 Å². The van der Waals surface area contributed by atoms with Gasteiger partial charge in [-0.15, -0.1) is 10.2 Å². The quantitative estimate of drug-likeness (QED) is 0.337. The number of benzene rings is 3. The summed E-state index contributed by atoms with van der Waals surface area (Å²) in [6.07, 6.45) is 5.84. The number of H-pyrrole nitrogens is 1. The molecule has 5 rings (SSSR count). The maximum absolute atomic E-state index is 6.00. The van der Waals surface area contributed by atoms with Crippen LogP contribution >= 0.6 is 0 Å². The Bertz CT molecular complexity index is 1380. The Balaban J connectivity index is 1.22. The van der Waals surface area contributed by atoms with Crippen molar-refractivity contribution in [2.45, 2.75) is 19.4 Å². The van der Waals surface area contributed by atoms with Crippen LogP contribution in [-0.2, 0) is 19.4 Å². The summed E-state index contributed by atoms with van der Waals surface area (Å²) in [5.74, 6) is 1.55. The minimum absolute atomic E-state index is 0.431. The van der Waals surface area contributed by atoms with E-state index in [1.54, 1.807) is 0 Å². The first kappa shape index (κ1) is 20.6. The third-order valence-corrected chi connectivity index (χ3v) is 5.35. The van der Waals surface area contributed by atoms with Crippen LogP contribution in [0.5, 0.6) is 5.75 Å². The zero-order valence-corrected chi connectivity index (χ0v) is 18.1. The Morgan fingerprint density at radius 2 is 1.64 bits per heavy atom. The second-order valence-electron chi connectivity index (χ2n) is 7.76. The minimum atomic E-state index is 0.431. The number of ether oxygens (including phenoxy) is 1. The van der Waals surface area contributed by atoms with E-state index in [-0.39, 0.29) is 0 Å². The lowest BCUT2D eigenvalue weighted by Crippen LogP contribution is -1.98. The van der Waals surface area contributed by atoms with Crippen molar-refractivity contribution in [2.24, 2.45) is 0 Å². The summed E-state index contributed by atoms with van der Waals surface area (Å²) >= 11 is 0. The maximum atomic E-state index is 6.00. The highest BCUT2D eigenvalue weighted by Crippen LogP contribution is 2.19. The van der Waals surface area contributed by atoms with Gasteiger partial charge in [-0.25, -0.2) is 4.98 Å². The van der Waals surface area contributed by atoms with Gasteiger partial charge in [0.1, 0.15) is 12.4 Å². The highest BCUT2D eigenvalue weighted by molar-refractivity contribution is 5.78. The summed E-state index contributed by atoms with van der Waals surface area (Å²) in [5.41, 5.74) is 5.35. The molecule has 5 aromatic rings. The van der Waals surface area contributed by atoms with E-state index >= 15 is 0 Å². The number of nitrogens with zero attached hydrogens (tertiary/aromatic N) is 4. The Kier molecular flexibility index (Phi) is 6.15. The van der Waals surface area contributed by atoms with Crippen molar-refractivity contribution in [1.29, 1.82) is 0 Å². The fourth-order valence-corrected chi connectivity index (χ4v) is 3.64. The predicted octanol–water partition coefficient (Wildman–Crippen LogP) is 5.28. The molecule has 0 radical (unpaired) electrons. The molecule has 1 N–H and O–H groups in total. The molecular weight excluding hydrogens is 410 g/mol. The lowest BCUT2D eigenvalue weighted by molar-refractivity contribution is 0.302. The van der Waals surface area contributed by atoms with Gasteiger partial charge in [-0.3, -0.25) is 0 Å². The van der Waals surface area contributed by atoms with Crippen LogP contribution < -0.4 is 4.74 Å². The first-order valence-corrected chi connectivity index (χ1v) is 10.9. The van der Waals surface area contributed by atoms with Crippen LogP contribution in [0.15, 0.2) is 84.9 Å². The average Bonchev–Trinajstić information content (AvgIpc) is 3.39. The predicted molar refractivity (Wildman–Crippen MR) is 129 cm³/mol. The smallest absolute Gasteiger partial charge is 0.174 e. The molecule has 0 aliphatic rings. The number of aromatic nitrogens is 5. The van der Waals surface area contributed by atoms with E-state index in [0.717, 1.165) is 52.1 Å². The Hall–Kier alpha value is -4.32. The zero-order valence-electron chi connectivity index (χ0n) is 18.1. The summed E-state index contributed by atoms with van der Waals surface area (Å²) in [6.45, 7) is 0.431. The molecule has 0 bridgehead atoms. The molecular formula is C27H23N5O. The fourth-order valence-electron chi connectivity index (χ4n) is 3.64. The van der Waals surface area contributed by atoms with Gasteiger partial charge in [-0.05, 0) is 47.4 Å². The number of nitrogens with one attached hydrogen (secondary N) is 1. The summed E-state index contributed by atoms with van der Waals surface area (Å²) in [6, 6.07) is 28.7. The molecule has 0 aliphatic carbocycles. The topological polar surface area (TPSA) is 76.6 Å². The number of aromatic amines is 1. The number of rotatable bonds is 8. The van der Waals surface area contributed by atoms with Crippen LogP contribution in [0.2, 0.25) is 0 Å². The molecule has 2 heterocycles. The van der Waals surface area contributed by atoms with Gasteiger partial charge in [0, 0.05) is 11.8 Å². The molecule has 33 heavy (non-hydrogen) atoms. The molecule has 6 nitrogen and oxygen atoms in total. The number of fused-ring (bicyclic) bond motifs is 1. The third-order valence-electron chi connectivity index (χ3n) is 5.35. The lowest BCUT2D eigenvalue weighted by Gasteiger charge is -2.07. The standard InChI is InChI=1S/C27H23N5O/c1-2-10-26-23(8-1)14-15-24(28-26)19-33-25-9-4-7-22(18-25)12-11-20-5-3-6-21(17-20)13-16-27-29-31-32-30-27/h1-12,14-15,17-18H,13,16,19H2,(H,29,30,31,32). The van der Waals surface area contributed by atoms with E-state index in [0.29, 0.717) is 6.61 Å². The highest BCUT2D eigenvalue weighted by atomic mass is 16.5. The van der Waals surface area contributed by atoms with Gasteiger partial charge in [0.25, 0.3) is 0 Å². The normalized spacial score (nSPS) is 11.3. The van der Waals surface area contributed by atoms with Crippen LogP contribution in [0.1, 0.15) is 28.2 Å². The SMILES string of the molecule is C(=Cc1cccc(OCc2ccc3ccccc3n2)c1)c1cccc(CCc2nn[nH]n2)c1. The fraction of sp³-hybridized carbons (Fsp3) is 0.111. The molecule has 0 fully saturated rings. The van der Waals surface area contributed by atoms with E-state index in [1.165, 1.54) is 5.56 Å².